The summed E-state index contributed by atoms with van der Waals surface area (Å²) in [6.07, 6.45) is 0.705. The second kappa shape index (κ2) is 4.77. The standard InChI is InChI=1S/C11H15NO/c1-12(2)9-8-11(13)10-6-4-3-5-7-10/h3-7H,8-9H2,1-2H3/p+1. The molecule has 0 unspecified atom stereocenters. The van der Waals surface area contributed by atoms with Crippen LogP contribution in [0.4, 0.5) is 0 Å². The molecule has 2 heteroatoms. The van der Waals surface area contributed by atoms with Crippen LogP contribution >= 0.6 is 0 Å². The van der Waals surface area contributed by atoms with E-state index in [2.05, 4.69) is 4.90 Å². The summed E-state index contributed by atoms with van der Waals surface area (Å²) < 4.78 is 0. The smallest absolute Gasteiger partial charge is 0.309 e. The van der Waals surface area contributed by atoms with E-state index in [0.29, 0.717) is 12.2 Å². The van der Waals surface area contributed by atoms with Crippen molar-refractivity contribution in [1.29, 1.82) is 0 Å². The predicted molar refractivity (Wildman–Crippen MR) is 55.7 cm³/mol. The molecule has 0 fully saturated rings. The van der Waals surface area contributed by atoms with Gasteiger partial charge in [0.2, 0.25) is 0 Å². The summed E-state index contributed by atoms with van der Waals surface area (Å²) in [6.45, 7) is 0.876. The summed E-state index contributed by atoms with van der Waals surface area (Å²) in [5, 5.41) is 0. The largest absolute Gasteiger partial charge is 0.324 e. The maximum Gasteiger partial charge on any atom is 0.324 e. The lowest BCUT2D eigenvalue weighted by Crippen LogP contribution is -2.17. The monoisotopic (exact) mass is 178 g/mol. The van der Waals surface area contributed by atoms with E-state index in [1.165, 1.54) is 0 Å². The zero-order chi connectivity index (χ0) is 9.68. The summed E-state index contributed by atoms with van der Waals surface area (Å²) in [5.41, 5.74) is 0.921. The molecule has 0 aliphatic carbocycles. The number of carbonyl (C=O) groups excluding carboxylic acids is 1. The van der Waals surface area contributed by atoms with Crippen molar-refractivity contribution in [3.63, 3.8) is 0 Å². The Morgan fingerprint density at radius 1 is 1.23 bits per heavy atom. The van der Waals surface area contributed by atoms with Crippen LogP contribution in [0.3, 0.4) is 0 Å². The van der Waals surface area contributed by atoms with Crippen molar-refractivity contribution in [2.45, 2.75) is 6.42 Å². The molecule has 0 bridgehead atoms. The molecule has 0 saturated heterocycles. The molecule has 1 aromatic rings. The van der Waals surface area contributed by atoms with Crippen LogP contribution in [-0.4, -0.2) is 36.1 Å². The van der Waals surface area contributed by atoms with E-state index in [0.717, 1.165) is 12.1 Å². The molecule has 0 aromatic heterocycles. The minimum Gasteiger partial charge on any atom is -0.309 e. The third-order valence-electron chi connectivity index (χ3n) is 1.90. The van der Waals surface area contributed by atoms with Crippen molar-refractivity contribution >= 4 is 5.78 Å². The van der Waals surface area contributed by atoms with Crippen LogP contribution in [0, 0.1) is 0 Å². The third kappa shape index (κ3) is 3.38. The zero-order valence-electron chi connectivity index (χ0n) is 8.20. The highest BCUT2D eigenvalue weighted by atomic mass is 16.1. The molecule has 0 saturated carbocycles. The van der Waals surface area contributed by atoms with Gasteiger partial charge in [-0.05, 0) is 26.2 Å². The van der Waals surface area contributed by atoms with Gasteiger partial charge in [-0.25, -0.2) is 0 Å². The molecule has 2 nitrogen and oxygen atoms in total. The van der Waals surface area contributed by atoms with Crippen molar-refractivity contribution in [3.8, 4) is 0 Å². The Bertz CT molecular complexity index is 267. The maximum atomic E-state index is 9.66. The van der Waals surface area contributed by atoms with Gasteiger partial charge in [0, 0.05) is 6.54 Å². The fraction of sp³-hybridized carbons (Fsp3) is 0.364. The van der Waals surface area contributed by atoms with Crippen LogP contribution in [0.1, 0.15) is 12.0 Å². The normalized spacial score (nSPS) is 10.4. The van der Waals surface area contributed by atoms with Crippen molar-refractivity contribution in [3.05, 3.63) is 35.9 Å². The molecule has 70 valence electrons. The number of nitrogens with zero attached hydrogens (tertiary/aromatic N) is 1. The van der Waals surface area contributed by atoms with E-state index < -0.39 is 0 Å². The van der Waals surface area contributed by atoms with Gasteiger partial charge in [0.1, 0.15) is 0 Å². The Morgan fingerprint density at radius 3 is 2.38 bits per heavy atom. The fourth-order valence-corrected chi connectivity index (χ4v) is 1.10. The summed E-state index contributed by atoms with van der Waals surface area (Å²) in [6, 6.07) is 9.65. The zero-order valence-corrected chi connectivity index (χ0v) is 8.20. The first kappa shape index (κ1) is 9.93. The Balaban J connectivity index is 2.50. The van der Waals surface area contributed by atoms with Crippen molar-refractivity contribution < 1.29 is 4.79 Å². The molecule has 0 radical (unpaired) electrons. The van der Waals surface area contributed by atoms with Gasteiger partial charge >= 0.3 is 5.78 Å². The number of ketones is 1. The van der Waals surface area contributed by atoms with Crippen molar-refractivity contribution in [2.24, 2.45) is 0 Å². The number of hydrogen-bond donors (Lipinski definition) is 0. The highest BCUT2D eigenvalue weighted by Crippen LogP contribution is 2.01. The average molecular weight is 178 g/mol. The SMILES string of the molecule is CN(C)CCC(=[OH+])c1ccccc1. The summed E-state index contributed by atoms with van der Waals surface area (Å²) in [7, 11) is 4.00. The third-order valence-corrected chi connectivity index (χ3v) is 1.90. The average Bonchev–Trinajstić information content (AvgIpc) is 2.15. The maximum absolute atomic E-state index is 9.66. The van der Waals surface area contributed by atoms with E-state index >= 15 is 0 Å². The molecule has 1 rings (SSSR count). The van der Waals surface area contributed by atoms with E-state index in [1.54, 1.807) is 0 Å². The van der Waals surface area contributed by atoms with Crippen LogP contribution in [-0.2, 0) is 0 Å². The Kier molecular flexibility index (Phi) is 3.65. The molecular formula is C11H16NO+. The lowest BCUT2D eigenvalue weighted by Gasteiger charge is -2.05. The number of benzene rings is 1. The Morgan fingerprint density at radius 2 is 1.85 bits per heavy atom. The molecule has 1 N–H and O–H groups in total. The van der Waals surface area contributed by atoms with Crippen LogP contribution in [0.2, 0.25) is 0 Å². The first-order valence-electron chi connectivity index (χ1n) is 4.45. The van der Waals surface area contributed by atoms with Crippen LogP contribution < -0.4 is 0 Å². The topological polar surface area (TPSA) is 24.6 Å². The van der Waals surface area contributed by atoms with Gasteiger partial charge in [0.05, 0.1) is 12.0 Å². The van der Waals surface area contributed by atoms with E-state index in [9.17, 15) is 4.79 Å². The molecular weight excluding hydrogens is 162 g/mol. The number of hydrogen-bond acceptors (Lipinski definition) is 1. The van der Waals surface area contributed by atoms with Crippen LogP contribution in [0.15, 0.2) is 30.3 Å². The Hall–Kier alpha value is -1.15. The van der Waals surface area contributed by atoms with E-state index in [-0.39, 0.29) is 0 Å². The number of rotatable bonds is 4. The summed E-state index contributed by atoms with van der Waals surface area (Å²) in [5.74, 6) is 0.467. The van der Waals surface area contributed by atoms with Crippen LogP contribution in [0.25, 0.3) is 0 Å². The molecule has 0 heterocycles. The second-order valence-corrected chi connectivity index (χ2v) is 3.37. The molecule has 0 spiro atoms. The minimum atomic E-state index is 0.467. The summed E-state index contributed by atoms with van der Waals surface area (Å²) >= 11 is 0. The summed E-state index contributed by atoms with van der Waals surface area (Å²) in [4.78, 5) is 11.7. The van der Waals surface area contributed by atoms with Crippen molar-refractivity contribution in [1.82, 2.24) is 4.90 Å². The van der Waals surface area contributed by atoms with Gasteiger partial charge in [0.15, 0.2) is 0 Å². The molecule has 0 atom stereocenters. The predicted octanol–water partition coefficient (Wildman–Crippen LogP) is 1.53. The molecule has 1 aromatic carbocycles. The fourth-order valence-electron chi connectivity index (χ4n) is 1.10. The highest BCUT2D eigenvalue weighted by molar-refractivity contribution is 5.96. The molecule has 0 amide bonds. The van der Waals surface area contributed by atoms with Gasteiger partial charge in [-0.2, -0.15) is 0 Å². The Labute approximate surface area is 79.2 Å². The first-order valence-corrected chi connectivity index (χ1v) is 4.45. The molecule has 0 aliphatic heterocycles. The quantitative estimate of drug-likeness (QED) is 0.507. The van der Waals surface area contributed by atoms with E-state index in [4.69, 9.17) is 0 Å². The lowest BCUT2D eigenvalue weighted by molar-refractivity contribution is 0.417. The highest BCUT2D eigenvalue weighted by Gasteiger charge is 2.11. The minimum absolute atomic E-state index is 0.467. The van der Waals surface area contributed by atoms with Gasteiger partial charge < -0.3 is 4.90 Å². The van der Waals surface area contributed by atoms with Gasteiger partial charge in [-0.1, -0.05) is 18.2 Å². The van der Waals surface area contributed by atoms with Crippen molar-refractivity contribution in [2.75, 3.05) is 20.6 Å². The van der Waals surface area contributed by atoms with Gasteiger partial charge in [-0.15, -0.1) is 0 Å². The first-order chi connectivity index (χ1) is 6.20. The molecule has 13 heavy (non-hydrogen) atoms. The van der Waals surface area contributed by atoms with Gasteiger partial charge in [0.25, 0.3) is 0 Å². The molecule has 0 aliphatic rings. The lowest BCUT2D eigenvalue weighted by atomic mass is 10.1. The van der Waals surface area contributed by atoms with E-state index in [1.807, 2.05) is 44.4 Å². The van der Waals surface area contributed by atoms with Gasteiger partial charge in [-0.3, -0.25) is 4.79 Å². The van der Waals surface area contributed by atoms with Crippen LogP contribution in [0.5, 0.6) is 0 Å². The second-order valence-electron chi connectivity index (χ2n) is 3.37.